The lowest BCUT2D eigenvalue weighted by molar-refractivity contribution is 0.253. The average molecular weight is 343 g/mol. The third-order valence-electron chi connectivity index (χ3n) is 4.36. The lowest BCUT2D eigenvalue weighted by Crippen LogP contribution is -2.47. The molecule has 0 spiro atoms. The molecule has 1 aromatic heterocycles. The fourth-order valence-corrected chi connectivity index (χ4v) is 4.06. The van der Waals surface area contributed by atoms with E-state index >= 15 is 0 Å². The molecule has 1 saturated heterocycles. The summed E-state index contributed by atoms with van der Waals surface area (Å²) in [6.45, 7) is 6.97. The van der Waals surface area contributed by atoms with Crippen LogP contribution in [0.25, 0.3) is 0 Å². The van der Waals surface area contributed by atoms with Crippen molar-refractivity contribution in [3.8, 4) is 0 Å². The van der Waals surface area contributed by atoms with Gasteiger partial charge in [0, 0.05) is 19.1 Å². The Morgan fingerprint density at radius 1 is 1.35 bits per heavy atom. The summed E-state index contributed by atoms with van der Waals surface area (Å²) in [6.07, 6.45) is 2.80. The van der Waals surface area contributed by atoms with Crippen LogP contribution in [0.3, 0.4) is 0 Å². The summed E-state index contributed by atoms with van der Waals surface area (Å²) in [4.78, 5) is 4.19. The standard InChI is InChI=1S/C16H26FN3O2S/c1-4-23(21,22)20-9-7-14(8-10-20)19-16(12(2)3)15-6-5-13(17)11-18-15/h5-6,11-12,14,16,19H,4,7-10H2,1-3H3. The number of nitrogens with one attached hydrogen (secondary N) is 1. The molecule has 2 rings (SSSR count). The first-order chi connectivity index (χ1) is 10.8. The SMILES string of the molecule is CCS(=O)(=O)N1CCC(NC(c2ccc(F)cn2)C(C)C)CC1. The number of aromatic nitrogens is 1. The summed E-state index contributed by atoms with van der Waals surface area (Å²) in [6, 6.07) is 3.42. The number of nitrogens with zero attached hydrogens (tertiary/aromatic N) is 2. The number of piperidine rings is 1. The lowest BCUT2D eigenvalue weighted by atomic mass is 9.97. The quantitative estimate of drug-likeness (QED) is 0.861. The molecule has 7 heteroatoms. The Hall–Kier alpha value is -1.05. The minimum absolute atomic E-state index is 0.0370. The van der Waals surface area contributed by atoms with E-state index in [0.717, 1.165) is 18.5 Å². The summed E-state index contributed by atoms with van der Waals surface area (Å²) in [7, 11) is -3.09. The molecule has 0 aromatic carbocycles. The molecule has 1 aromatic rings. The summed E-state index contributed by atoms with van der Waals surface area (Å²) in [5.41, 5.74) is 0.824. The van der Waals surface area contributed by atoms with Crippen LogP contribution in [0, 0.1) is 11.7 Å². The van der Waals surface area contributed by atoms with Crippen LogP contribution >= 0.6 is 0 Å². The van der Waals surface area contributed by atoms with Crippen LogP contribution in [-0.4, -0.2) is 42.6 Å². The Kier molecular flexibility index (Phi) is 6.11. The van der Waals surface area contributed by atoms with Crippen molar-refractivity contribution in [2.75, 3.05) is 18.8 Å². The van der Waals surface area contributed by atoms with Gasteiger partial charge in [0.2, 0.25) is 10.0 Å². The molecule has 23 heavy (non-hydrogen) atoms. The average Bonchev–Trinajstić information content (AvgIpc) is 2.54. The van der Waals surface area contributed by atoms with Crippen LogP contribution in [0.2, 0.25) is 0 Å². The van der Waals surface area contributed by atoms with Crippen LogP contribution < -0.4 is 5.32 Å². The highest BCUT2D eigenvalue weighted by atomic mass is 32.2. The third-order valence-corrected chi connectivity index (χ3v) is 6.24. The molecule has 0 amide bonds. The Labute approximate surface area is 138 Å². The molecule has 1 atom stereocenters. The number of halogens is 1. The van der Waals surface area contributed by atoms with Crippen molar-refractivity contribution in [3.05, 3.63) is 29.8 Å². The van der Waals surface area contributed by atoms with Crippen LogP contribution in [0.1, 0.15) is 45.3 Å². The van der Waals surface area contributed by atoms with Crippen molar-refractivity contribution in [2.45, 2.75) is 45.7 Å². The zero-order chi connectivity index (χ0) is 17.0. The van der Waals surface area contributed by atoms with Gasteiger partial charge in [-0.1, -0.05) is 13.8 Å². The highest BCUT2D eigenvalue weighted by Gasteiger charge is 2.29. The smallest absolute Gasteiger partial charge is 0.213 e. The van der Waals surface area contributed by atoms with Gasteiger partial charge in [0.15, 0.2) is 0 Å². The summed E-state index contributed by atoms with van der Waals surface area (Å²) in [5, 5.41) is 3.57. The van der Waals surface area contributed by atoms with Gasteiger partial charge in [-0.2, -0.15) is 0 Å². The molecule has 5 nitrogen and oxygen atoms in total. The van der Waals surface area contributed by atoms with Gasteiger partial charge in [-0.05, 0) is 37.8 Å². The molecule has 0 bridgehead atoms. The highest BCUT2D eigenvalue weighted by molar-refractivity contribution is 7.89. The molecular weight excluding hydrogens is 317 g/mol. The van der Waals surface area contributed by atoms with Crippen molar-refractivity contribution in [3.63, 3.8) is 0 Å². The van der Waals surface area contributed by atoms with E-state index in [-0.39, 0.29) is 23.7 Å². The van der Waals surface area contributed by atoms with Gasteiger partial charge in [0.1, 0.15) is 5.82 Å². The number of rotatable bonds is 6. The maximum atomic E-state index is 13.1. The Morgan fingerprint density at radius 2 is 2.00 bits per heavy atom. The van der Waals surface area contributed by atoms with E-state index in [4.69, 9.17) is 0 Å². The first kappa shape index (κ1) is 18.3. The number of pyridine rings is 1. The molecule has 2 heterocycles. The van der Waals surface area contributed by atoms with Crippen LogP contribution in [0.5, 0.6) is 0 Å². The molecule has 1 N–H and O–H groups in total. The fraction of sp³-hybridized carbons (Fsp3) is 0.688. The largest absolute Gasteiger partial charge is 0.306 e. The summed E-state index contributed by atoms with van der Waals surface area (Å²) >= 11 is 0. The Bertz CT molecular complexity index is 596. The van der Waals surface area contributed by atoms with E-state index in [1.807, 2.05) is 0 Å². The molecular formula is C16H26FN3O2S. The molecule has 1 fully saturated rings. The van der Waals surface area contributed by atoms with E-state index < -0.39 is 10.0 Å². The topological polar surface area (TPSA) is 62.3 Å². The zero-order valence-electron chi connectivity index (χ0n) is 14.0. The Morgan fingerprint density at radius 3 is 2.48 bits per heavy atom. The van der Waals surface area contributed by atoms with Crippen molar-refractivity contribution < 1.29 is 12.8 Å². The van der Waals surface area contributed by atoms with Crippen molar-refractivity contribution in [1.82, 2.24) is 14.6 Å². The third kappa shape index (κ3) is 4.71. The van der Waals surface area contributed by atoms with Gasteiger partial charge in [-0.15, -0.1) is 0 Å². The molecule has 1 unspecified atom stereocenters. The first-order valence-corrected chi connectivity index (χ1v) is 9.79. The van der Waals surface area contributed by atoms with Gasteiger partial charge in [0.05, 0.1) is 23.7 Å². The van der Waals surface area contributed by atoms with Gasteiger partial charge in [-0.3, -0.25) is 4.98 Å². The van der Waals surface area contributed by atoms with E-state index in [2.05, 4.69) is 24.1 Å². The molecule has 130 valence electrons. The van der Waals surface area contributed by atoms with E-state index in [9.17, 15) is 12.8 Å². The second-order valence-corrected chi connectivity index (χ2v) is 8.62. The summed E-state index contributed by atoms with van der Waals surface area (Å²) in [5.74, 6) is 0.124. The number of sulfonamides is 1. The molecule has 0 radical (unpaired) electrons. The van der Waals surface area contributed by atoms with Crippen molar-refractivity contribution in [2.24, 2.45) is 5.92 Å². The van der Waals surface area contributed by atoms with Crippen molar-refractivity contribution in [1.29, 1.82) is 0 Å². The Balaban J connectivity index is 1.99. The van der Waals surface area contributed by atoms with Gasteiger partial charge in [-0.25, -0.2) is 17.1 Å². The molecule has 0 saturated carbocycles. The normalized spacial score (nSPS) is 19.2. The fourth-order valence-electron chi connectivity index (χ4n) is 2.93. The van der Waals surface area contributed by atoms with Crippen molar-refractivity contribution >= 4 is 10.0 Å². The number of hydrogen-bond donors (Lipinski definition) is 1. The second-order valence-electron chi connectivity index (χ2n) is 6.36. The maximum absolute atomic E-state index is 13.1. The predicted octanol–water partition coefficient (Wildman–Crippen LogP) is 2.32. The lowest BCUT2D eigenvalue weighted by Gasteiger charge is -2.34. The first-order valence-electron chi connectivity index (χ1n) is 8.18. The predicted molar refractivity (Wildman–Crippen MR) is 89.0 cm³/mol. The monoisotopic (exact) mass is 343 g/mol. The van der Waals surface area contributed by atoms with Gasteiger partial charge >= 0.3 is 0 Å². The van der Waals surface area contributed by atoms with Gasteiger partial charge in [0.25, 0.3) is 0 Å². The minimum atomic E-state index is -3.09. The second kappa shape index (κ2) is 7.68. The van der Waals surface area contributed by atoms with Gasteiger partial charge < -0.3 is 5.32 Å². The van der Waals surface area contributed by atoms with Crippen LogP contribution in [-0.2, 0) is 10.0 Å². The minimum Gasteiger partial charge on any atom is -0.306 e. The summed E-state index contributed by atoms with van der Waals surface area (Å²) < 4.78 is 38.4. The molecule has 1 aliphatic rings. The van der Waals surface area contributed by atoms with Crippen LogP contribution in [0.4, 0.5) is 4.39 Å². The zero-order valence-corrected chi connectivity index (χ0v) is 14.8. The molecule has 0 aliphatic carbocycles. The maximum Gasteiger partial charge on any atom is 0.213 e. The highest BCUT2D eigenvalue weighted by Crippen LogP contribution is 2.23. The number of hydrogen-bond acceptors (Lipinski definition) is 4. The van der Waals surface area contributed by atoms with E-state index in [0.29, 0.717) is 19.0 Å². The van der Waals surface area contributed by atoms with E-state index in [1.165, 1.54) is 12.3 Å². The molecule has 1 aliphatic heterocycles. The van der Waals surface area contributed by atoms with Crippen LogP contribution in [0.15, 0.2) is 18.3 Å². The van der Waals surface area contributed by atoms with E-state index in [1.54, 1.807) is 17.3 Å².